The maximum Gasteiger partial charge on any atom is 0.273 e. The highest BCUT2D eigenvalue weighted by Gasteiger charge is 2.20. The average Bonchev–Trinajstić information content (AvgIpc) is 2.84. The third-order valence-electron chi connectivity index (χ3n) is 4.13. The SMILES string of the molecule is [C-]#[N+]c1cncc(-c2ccc3c(c2)N=C(N)CC(C(=O)N(O)CCC)=C3)c1. The zero-order chi connectivity index (χ0) is 19.4. The molecule has 2 heterocycles. The lowest BCUT2D eigenvalue weighted by Gasteiger charge is -2.15. The third kappa shape index (κ3) is 4.02. The number of nitrogens with two attached hydrogens (primary N) is 1. The van der Waals surface area contributed by atoms with Crippen LogP contribution in [0.2, 0.25) is 0 Å². The van der Waals surface area contributed by atoms with Gasteiger partial charge in [-0.15, -0.1) is 0 Å². The molecule has 1 aliphatic rings. The molecule has 0 spiro atoms. The van der Waals surface area contributed by atoms with Gasteiger partial charge in [0.2, 0.25) is 5.69 Å². The highest BCUT2D eigenvalue weighted by Crippen LogP contribution is 2.32. The summed E-state index contributed by atoms with van der Waals surface area (Å²) in [6.07, 6.45) is 5.71. The summed E-state index contributed by atoms with van der Waals surface area (Å²) < 4.78 is 0. The van der Waals surface area contributed by atoms with E-state index in [1.54, 1.807) is 18.3 Å². The molecule has 27 heavy (non-hydrogen) atoms. The minimum Gasteiger partial charge on any atom is -0.387 e. The number of amides is 1. The number of rotatable bonds is 4. The van der Waals surface area contributed by atoms with Gasteiger partial charge in [0, 0.05) is 36.5 Å². The number of hydroxylamine groups is 2. The van der Waals surface area contributed by atoms with Crippen molar-refractivity contribution in [2.45, 2.75) is 19.8 Å². The molecule has 1 aliphatic heterocycles. The third-order valence-corrected chi connectivity index (χ3v) is 4.13. The molecule has 0 saturated heterocycles. The first-order valence-corrected chi connectivity index (χ1v) is 8.53. The van der Waals surface area contributed by atoms with Crippen LogP contribution in [0.15, 0.2) is 47.2 Å². The lowest BCUT2D eigenvalue weighted by molar-refractivity contribution is -0.160. The van der Waals surface area contributed by atoms with E-state index in [1.807, 2.05) is 25.1 Å². The second kappa shape index (κ2) is 7.81. The number of aliphatic imine (C=N–C) groups is 1. The number of pyridine rings is 1. The molecule has 136 valence electrons. The van der Waals surface area contributed by atoms with E-state index in [4.69, 9.17) is 12.3 Å². The van der Waals surface area contributed by atoms with Gasteiger partial charge in [-0.3, -0.25) is 15.0 Å². The van der Waals surface area contributed by atoms with Crippen LogP contribution in [0, 0.1) is 6.57 Å². The van der Waals surface area contributed by atoms with Gasteiger partial charge in [-0.25, -0.2) is 14.9 Å². The van der Waals surface area contributed by atoms with Gasteiger partial charge in [0.15, 0.2) is 0 Å². The smallest absolute Gasteiger partial charge is 0.273 e. The van der Waals surface area contributed by atoms with Gasteiger partial charge >= 0.3 is 0 Å². The second-order valence-corrected chi connectivity index (χ2v) is 6.20. The highest BCUT2D eigenvalue weighted by atomic mass is 16.5. The monoisotopic (exact) mass is 361 g/mol. The van der Waals surface area contributed by atoms with Crippen LogP contribution in [-0.4, -0.2) is 33.5 Å². The van der Waals surface area contributed by atoms with Gasteiger partial charge < -0.3 is 5.73 Å². The number of carbonyl (C=O) groups is 1. The normalized spacial score (nSPS) is 12.9. The Hall–Kier alpha value is -3.50. The Morgan fingerprint density at radius 2 is 2.15 bits per heavy atom. The van der Waals surface area contributed by atoms with Gasteiger partial charge in [0.1, 0.15) is 5.84 Å². The predicted molar refractivity (Wildman–Crippen MR) is 104 cm³/mol. The fourth-order valence-corrected chi connectivity index (χ4v) is 2.83. The molecule has 3 N–H and O–H groups in total. The maximum absolute atomic E-state index is 12.4. The molecule has 2 aromatic rings. The van der Waals surface area contributed by atoms with Crippen LogP contribution in [-0.2, 0) is 4.79 Å². The molecule has 0 saturated carbocycles. The van der Waals surface area contributed by atoms with E-state index in [2.05, 4.69) is 14.8 Å². The molecular weight excluding hydrogens is 342 g/mol. The van der Waals surface area contributed by atoms with E-state index in [0.29, 0.717) is 34.3 Å². The molecule has 0 bridgehead atoms. The summed E-state index contributed by atoms with van der Waals surface area (Å²) in [5, 5.41) is 10.6. The first-order valence-electron chi connectivity index (χ1n) is 8.53. The number of benzene rings is 1. The highest BCUT2D eigenvalue weighted by molar-refractivity contribution is 6.05. The zero-order valence-electron chi connectivity index (χ0n) is 14.9. The van der Waals surface area contributed by atoms with Crippen LogP contribution >= 0.6 is 0 Å². The van der Waals surface area contributed by atoms with Gasteiger partial charge in [-0.2, -0.15) is 0 Å². The van der Waals surface area contributed by atoms with Crippen molar-refractivity contribution in [2.75, 3.05) is 6.54 Å². The quantitative estimate of drug-likeness (QED) is 0.493. The Bertz CT molecular complexity index is 988. The van der Waals surface area contributed by atoms with E-state index < -0.39 is 5.91 Å². The molecule has 7 nitrogen and oxygen atoms in total. The number of carbonyl (C=O) groups excluding carboxylic acids is 1. The fourth-order valence-electron chi connectivity index (χ4n) is 2.83. The van der Waals surface area contributed by atoms with Crippen LogP contribution in [0.4, 0.5) is 11.4 Å². The van der Waals surface area contributed by atoms with Crippen LogP contribution in [0.25, 0.3) is 22.0 Å². The number of hydrogen-bond donors (Lipinski definition) is 2. The molecule has 0 unspecified atom stereocenters. The van der Waals surface area contributed by atoms with Gasteiger partial charge in [-0.1, -0.05) is 19.1 Å². The Morgan fingerprint density at radius 3 is 2.89 bits per heavy atom. The fraction of sp³-hybridized carbons (Fsp3) is 0.200. The number of fused-ring (bicyclic) bond motifs is 1. The Kier molecular flexibility index (Phi) is 5.29. The molecule has 1 aromatic heterocycles. The van der Waals surface area contributed by atoms with E-state index in [0.717, 1.165) is 16.7 Å². The predicted octanol–water partition coefficient (Wildman–Crippen LogP) is 3.70. The minimum absolute atomic E-state index is 0.165. The molecule has 0 atom stereocenters. The van der Waals surface area contributed by atoms with Crippen molar-refractivity contribution in [1.82, 2.24) is 10.0 Å². The van der Waals surface area contributed by atoms with Gasteiger partial charge in [0.05, 0.1) is 12.3 Å². The summed E-state index contributed by atoms with van der Waals surface area (Å²) in [6.45, 7) is 9.25. The molecule has 1 amide bonds. The van der Waals surface area contributed by atoms with Crippen molar-refractivity contribution in [3.63, 3.8) is 0 Å². The number of amidine groups is 1. The molecule has 0 aliphatic carbocycles. The molecule has 1 aromatic carbocycles. The Morgan fingerprint density at radius 1 is 1.33 bits per heavy atom. The van der Waals surface area contributed by atoms with E-state index in [1.165, 1.54) is 6.20 Å². The van der Waals surface area contributed by atoms with Gasteiger partial charge in [-0.05, 0) is 35.8 Å². The van der Waals surface area contributed by atoms with Crippen molar-refractivity contribution in [3.05, 3.63) is 59.2 Å². The van der Waals surface area contributed by atoms with Crippen molar-refractivity contribution < 1.29 is 10.0 Å². The standard InChI is InChI=1S/C20H19N5O2/c1-3-6-25(27)20(26)15-7-14-5-4-13(9-18(14)24-19(21)10-15)16-8-17(22-2)12-23-11-16/h4-5,7-9,11-12,27H,3,6,10H2,1H3,(H2,21,24). The first-order chi connectivity index (χ1) is 13.0. The van der Waals surface area contributed by atoms with E-state index in [9.17, 15) is 10.0 Å². The largest absolute Gasteiger partial charge is 0.387 e. The maximum atomic E-state index is 12.4. The van der Waals surface area contributed by atoms with Crippen LogP contribution in [0.1, 0.15) is 25.3 Å². The average molecular weight is 361 g/mol. The lowest BCUT2D eigenvalue weighted by Crippen LogP contribution is -2.30. The minimum atomic E-state index is -0.471. The van der Waals surface area contributed by atoms with Crippen molar-refractivity contribution in [1.29, 1.82) is 0 Å². The van der Waals surface area contributed by atoms with Crippen LogP contribution in [0.3, 0.4) is 0 Å². The molecule has 0 fully saturated rings. The summed E-state index contributed by atoms with van der Waals surface area (Å²) >= 11 is 0. The van der Waals surface area contributed by atoms with E-state index in [-0.39, 0.29) is 13.0 Å². The molecular formula is C20H19N5O2. The summed E-state index contributed by atoms with van der Waals surface area (Å²) in [5.74, 6) is -0.177. The zero-order valence-corrected chi connectivity index (χ0v) is 14.9. The molecule has 0 radical (unpaired) electrons. The number of hydrogen-bond acceptors (Lipinski definition) is 5. The Labute approximate surface area is 157 Å². The van der Waals surface area contributed by atoms with Crippen LogP contribution in [0.5, 0.6) is 0 Å². The van der Waals surface area contributed by atoms with Crippen molar-refractivity contribution in [2.24, 2.45) is 10.7 Å². The van der Waals surface area contributed by atoms with Crippen molar-refractivity contribution >= 4 is 29.2 Å². The van der Waals surface area contributed by atoms with Gasteiger partial charge in [0.25, 0.3) is 5.91 Å². The summed E-state index contributed by atoms with van der Waals surface area (Å²) in [4.78, 5) is 24.3. The van der Waals surface area contributed by atoms with Crippen molar-refractivity contribution in [3.8, 4) is 11.1 Å². The first kappa shape index (κ1) is 18.3. The topological polar surface area (TPSA) is 96.2 Å². The summed E-state index contributed by atoms with van der Waals surface area (Å²) in [5.41, 5.74) is 9.84. The van der Waals surface area contributed by atoms with E-state index >= 15 is 0 Å². The molecule has 7 heteroatoms. The van der Waals surface area contributed by atoms with Crippen LogP contribution < -0.4 is 5.73 Å². The Balaban J connectivity index is 2.00. The summed E-state index contributed by atoms with van der Waals surface area (Å²) in [7, 11) is 0. The number of aromatic nitrogens is 1. The lowest BCUT2D eigenvalue weighted by atomic mass is 10.0. The molecule has 3 rings (SSSR count). The second-order valence-electron chi connectivity index (χ2n) is 6.20. The number of nitrogens with zero attached hydrogens (tertiary/aromatic N) is 4. The summed E-state index contributed by atoms with van der Waals surface area (Å²) in [6, 6.07) is 7.32.